The van der Waals surface area contributed by atoms with Gasteiger partial charge in [-0.05, 0) is 30.2 Å². The molecule has 4 nitrogen and oxygen atoms in total. The molecule has 0 aromatic heterocycles. The summed E-state index contributed by atoms with van der Waals surface area (Å²) in [7, 11) is -3.64. The predicted molar refractivity (Wildman–Crippen MR) is 92.7 cm³/mol. The Morgan fingerprint density at radius 3 is 2.26 bits per heavy atom. The summed E-state index contributed by atoms with van der Waals surface area (Å²) in [4.78, 5) is 11.9. The molecule has 1 atom stereocenters. The van der Waals surface area contributed by atoms with Crippen molar-refractivity contribution in [3.8, 4) is 11.1 Å². The molecule has 0 saturated carbocycles. The molecule has 0 spiro atoms. The van der Waals surface area contributed by atoms with Gasteiger partial charge >= 0.3 is 0 Å². The molecule has 120 valence electrons. The highest BCUT2D eigenvalue weighted by Crippen LogP contribution is 2.31. The number of thioether (sulfide) groups is 1. The van der Waals surface area contributed by atoms with E-state index in [1.807, 2.05) is 30.3 Å². The van der Waals surface area contributed by atoms with E-state index in [2.05, 4.69) is 0 Å². The third kappa shape index (κ3) is 3.20. The van der Waals surface area contributed by atoms with Crippen molar-refractivity contribution >= 4 is 27.6 Å². The summed E-state index contributed by atoms with van der Waals surface area (Å²) in [5.74, 6) is 0.517. The molecule has 0 aliphatic carbocycles. The third-order valence-electron chi connectivity index (χ3n) is 3.76. The van der Waals surface area contributed by atoms with Gasteiger partial charge in [-0.2, -0.15) is 4.31 Å². The maximum Gasteiger partial charge on any atom is 0.244 e. The Hall–Kier alpha value is -1.63. The van der Waals surface area contributed by atoms with E-state index < -0.39 is 15.4 Å². The molecular formula is C17H17NO3S2. The molecule has 0 bridgehead atoms. The first-order valence-electron chi connectivity index (χ1n) is 7.29. The number of hydrogen-bond donors (Lipinski definition) is 0. The molecule has 0 amide bonds. The van der Waals surface area contributed by atoms with Crippen LogP contribution in [0.1, 0.15) is 6.92 Å². The Balaban J connectivity index is 1.91. The fourth-order valence-corrected chi connectivity index (χ4v) is 5.76. The van der Waals surface area contributed by atoms with Crippen LogP contribution in [0.4, 0.5) is 0 Å². The van der Waals surface area contributed by atoms with E-state index in [0.717, 1.165) is 11.1 Å². The van der Waals surface area contributed by atoms with Crippen molar-refractivity contribution in [1.29, 1.82) is 0 Å². The molecule has 1 aliphatic rings. The van der Waals surface area contributed by atoms with Gasteiger partial charge in [0, 0.05) is 12.3 Å². The predicted octanol–water partition coefficient (Wildman–Crippen LogP) is 3.01. The lowest BCUT2D eigenvalue weighted by atomic mass is 10.1. The summed E-state index contributed by atoms with van der Waals surface area (Å²) < 4.78 is 26.8. The number of ketones is 1. The maximum absolute atomic E-state index is 12.8. The highest BCUT2D eigenvalue weighted by molar-refractivity contribution is 8.02. The van der Waals surface area contributed by atoms with Crippen LogP contribution in [0.3, 0.4) is 0 Å². The standard InChI is InChI=1S/C17H17NO3S2/c1-13(19)17-18(11-12-22-17)23(20,21)16-9-7-15(8-10-16)14-5-3-2-4-6-14/h2-10,17H,11-12H2,1H3/t17-/m0/s1. The van der Waals surface area contributed by atoms with Crippen molar-refractivity contribution in [3.63, 3.8) is 0 Å². The minimum atomic E-state index is -3.64. The minimum absolute atomic E-state index is 0.128. The minimum Gasteiger partial charge on any atom is -0.297 e. The Morgan fingerprint density at radius 2 is 1.65 bits per heavy atom. The molecule has 1 fully saturated rings. The molecule has 1 saturated heterocycles. The Kier molecular flexibility index (Phi) is 4.57. The van der Waals surface area contributed by atoms with Gasteiger partial charge in [0.1, 0.15) is 5.37 Å². The summed E-state index contributed by atoms with van der Waals surface area (Å²) in [5, 5.41) is -0.603. The van der Waals surface area contributed by atoms with Gasteiger partial charge in [-0.1, -0.05) is 42.5 Å². The topological polar surface area (TPSA) is 54.5 Å². The number of benzene rings is 2. The van der Waals surface area contributed by atoms with Gasteiger partial charge in [-0.15, -0.1) is 11.8 Å². The number of carbonyl (C=O) groups is 1. The summed E-state index contributed by atoms with van der Waals surface area (Å²) in [6.07, 6.45) is 0. The summed E-state index contributed by atoms with van der Waals surface area (Å²) in [6.45, 7) is 1.81. The average molecular weight is 347 g/mol. The van der Waals surface area contributed by atoms with Crippen LogP contribution in [0.25, 0.3) is 11.1 Å². The Morgan fingerprint density at radius 1 is 1.04 bits per heavy atom. The van der Waals surface area contributed by atoms with Gasteiger partial charge in [0.05, 0.1) is 4.90 Å². The molecule has 0 N–H and O–H groups in total. The van der Waals surface area contributed by atoms with Crippen LogP contribution in [-0.4, -0.2) is 36.2 Å². The molecule has 0 radical (unpaired) electrons. The fraction of sp³-hybridized carbons (Fsp3) is 0.235. The number of rotatable bonds is 4. The Bertz CT molecular complexity index is 801. The normalized spacial score (nSPS) is 18.9. The van der Waals surface area contributed by atoms with E-state index in [0.29, 0.717) is 12.3 Å². The van der Waals surface area contributed by atoms with Crippen molar-refractivity contribution in [2.24, 2.45) is 0 Å². The molecular weight excluding hydrogens is 330 g/mol. The summed E-state index contributed by atoms with van der Waals surface area (Å²) in [5.41, 5.74) is 2.00. The monoisotopic (exact) mass is 347 g/mol. The first kappa shape index (κ1) is 16.2. The molecule has 6 heteroatoms. The second kappa shape index (κ2) is 6.47. The second-order valence-corrected chi connectivity index (χ2v) is 8.42. The maximum atomic E-state index is 12.8. The fourth-order valence-electron chi connectivity index (χ4n) is 2.61. The SMILES string of the molecule is CC(=O)[C@@H]1SCCN1S(=O)(=O)c1ccc(-c2ccccc2)cc1. The number of nitrogens with zero attached hydrogens (tertiary/aromatic N) is 1. The molecule has 2 aromatic carbocycles. The van der Waals surface area contributed by atoms with Crippen molar-refractivity contribution in [2.45, 2.75) is 17.2 Å². The van der Waals surface area contributed by atoms with E-state index in [4.69, 9.17) is 0 Å². The van der Waals surface area contributed by atoms with E-state index in [1.54, 1.807) is 24.3 Å². The van der Waals surface area contributed by atoms with E-state index in [1.165, 1.54) is 23.0 Å². The zero-order valence-electron chi connectivity index (χ0n) is 12.7. The van der Waals surface area contributed by atoms with Crippen LogP contribution in [0.5, 0.6) is 0 Å². The highest BCUT2D eigenvalue weighted by atomic mass is 32.2. The number of carbonyl (C=O) groups excluding carboxylic acids is 1. The highest BCUT2D eigenvalue weighted by Gasteiger charge is 2.38. The van der Waals surface area contributed by atoms with Crippen molar-refractivity contribution in [1.82, 2.24) is 4.31 Å². The number of hydrogen-bond acceptors (Lipinski definition) is 4. The lowest BCUT2D eigenvalue weighted by molar-refractivity contribution is -0.118. The van der Waals surface area contributed by atoms with Gasteiger partial charge in [0.25, 0.3) is 0 Å². The third-order valence-corrected chi connectivity index (χ3v) is 7.10. The van der Waals surface area contributed by atoms with Crippen molar-refractivity contribution in [2.75, 3.05) is 12.3 Å². The van der Waals surface area contributed by atoms with Gasteiger partial charge in [-0.25, -0.2) is 8.42 Å². The van der Waals surface area contributed by atoms with Crippen LogP contribution in [0.15, 0.2) is 59.5 Å². The van der Waals surface area contributed by atoms with Crippen molar-refractivity contribution in [3.05, 3.63) is 54.6 Å². The lowest BCUT2D eigenvalue weighted by Gasteiger charge is -2.21. The smallest absolute Gasteiger partial charge is 0.244 e. The van der Waals surface area contributed by atoms with E-state index >= 15 is 0 Å². The molecule has 3 rings (SSSR count). The van der Waals surface area contributed by atoms with E-state index in [-0.39, 0.29) is 10.7 Å². The Labute approximate surface area is 140 Å². The second-order valence-electron chi connectivity index (χ2n) is 5.34. The van der Waals surface area contributed by atoms with Crippen LogP contribution in [0.2, 0.25) is 0 Å². The van der Waals surface area contributed by atoms with Gasteiger partial charge in [0.2, 0.25) is 10.0 Å². The first-order chi connectivity index (χ1) is 11.0. The molecule has 23 heavy (non-hydrogen) atoms. The van der Waals surface area contributed by atoms with Crippen LogP contribution < -0.4 is 0 Å². The van der Waals surface area contributed by atoms with Crippen LogP contribution in [-0.2, 0) is 14.8 Å². The van der Waals surface area contributed by atoms with Crippen LogP contribution in [0, 0.1) is 0 Å². The lowest BCUT2D eigenvalue weighted by Crippen LogP contribution is -2.38. The average Bonchev–Trinajstić information content (AvgIpc) is 3.07. The number of Topliss-reactive ketones (excluding diaryl/α,β-unsaturated/α-hetero) is 1. The van der Waals surface area contributed by atoms with Gasteiger partial charge in [0.15, 0.2) is 5.78 Å². The molecule has 2 aromatic rings. The van der Waals surface area contributed by atoms with Gasteiger partial charge in [-0.3, -0.25) is 4.79 Å². The first-order valence-corrected chi connectivity index (χ1v) is 9.78. The summed E-state index contributed by atoms with van der Waals surface area (Å²) >= 11 is 1.38. The number of sulfonamides is 1. The largest absolute Gasteiger partial charge is 0.297 e. The molecule has 0 unspecified atom stereocenters. The van der Waals surface area contributed by atoms with Crippen molar-refractivity contribution < 1.29 is 13.2 Å². The zero-order valence-corrected chi connectivity index (χ0v) is 14.3. The van der Waals surface area contributed by atoms with Crippen LogP contribution >= 0.6 is 11.8 Å². The summed E-state index contributed by atoms with van der Waals surface area (Å²) in [6, 6.07) is 16.6. The quantitative estimate of drug-likeness (QED) is 0.853. The van der Waals surface area contributed by atoms with E-state index in [9.17, 15) is 13.2 Å². The molecule has 1 heterocycles. The van der Waals surface area contributed by atoms with Gasteiger partial charge < -0.3 is 0 Å². The zero-order chi connectivity index (χ0) is 16.4. The molecule has 1 aliphatic heterocycles.